The third-order valence-corrected chi connectivity index (χ3v) is 4.17. The highest BCUT2D eigenvalue weighted by atomic mass is 79.9. The van der Waals surface area contributed by atoms with Crippen molar-refractivity contribution >= 4 is 15.9 Å². The van der Waals surface area contributed by atoms with Crippen molar-refractivity contribution in [1.29, 1.82) is 0 Å². The Kier molecular flexibility index (Phi) is 6.94. The van der Waals surface area contributed by atoms with E-state index in [0.29, 0.717) is 12.6 Å². The van der Waals surface area contributed by atoms with Gasteiger partial charge < -0.3 is 10.1 Å². The zero-order chi connectivity index (χ0) is 15.8. The van der Waals surface area contributed by atoms with Crippen LogP contribution in [-0.4, -0.2) is 12.6 Å². The molecule has 0 heterocycles. The molecular weight excluding hydrogens is 338 g/mol. The molecule has 1 N–H and O–H groups in total. The van der Waals surface area contributed by atoms with Crippen LogP contribution < -0.4 is 10.1 Å². The molecule has 0 aliphatic carbocycles. The summed E-state index contributed by atoms with van der Waals surface area (Å²) in [5.74, 6) is 0.966. The lowest BCUT2D eigenvalue weighted by Crippen LogP contribution is -2.26. The van der Waals surface area contributed by atoms with Gasteiger partial charge in [0.25, 0.3) is 0 Å². The van der Waals surface area contributed by atoms with Crippen LogP contribution >= 0.6 is 15.9 Å². The molecule has 2 rings (SSSR count). The molecule has 2 aromatic rings. The Hall–Kier alpha value is -1.32. The fourth-order valence-electron chi connectivity index (χ4n) is 2.40. The van der Waals surface area contributed by atoms with Gasteiger partial charge in [-0.2, -0.15) is 0 Å². The maximum atomic E-state index is 5.69. The Morgan fingerprint density at radius 1 is 1.14 bits per heavy atom. The van der Waals surface area contributed by atoms with Crippen LogP contribution in [0.3, 0.4) is 0 Å². The van der Waals surface area contributed by atoms with E-state index in [1.54, 1.807) is 0 Å². The molecule has 0 saturated heterocycles. The van der Waals surface area contributed by atoms with E-state index < -0.39 is 0 Å². The molecular formula is C19H24BrNO. The Balaban J connectivity index is 1.85. The Morgan fingerprint density at radius 2 is 1.91 bits per heavy atom. The van der Waals surface area contributed by atoms with Crippen LogP contribution in [0.2, 0.25) is 0 Å². The van der Waals surface area contributed by atoms with Gasteiger partial charge in [0.1, 0.15) is 5.75 Å². The Labute approximate surface area is 142 Å². The summed E-state index contributed by atoms with van der Waals surface area (Å²) in [6.07, 6.45) is 2.23. The molecule has 0 radical (unpaired) electrons. The highest BCUT2D eigenvalue weighted by Crippen LogP contribution is 2.23. The zero-order valence-electron chi connectivity index (χ0n) is 13.3. The highest BCUT2D eigenvalue weighted by molar-refractivity contribution is 9.10. The average molecular weight is 362 g/mol. The van der Waals surface area contributed by atoms with Crippen LogP contribution in [-0.2, 0) is 13.0 Å². The van der Waals surface area contributed by atoms with E-state index in [4.69, 9.17) is 4.74 Å². The van der Waals surface area contributed by atoms with Crippen molar-refractivity contribution in [2.75, 3.05) is 6.61 Å². The number of nitrogens with one attached hydrogen (secondary N) is 1. The predicted octanol–water partition coefficient (Wildman–Crippen LogP) is 4.96. The fourth-order valence-corrected chi connectivity index (χ4v) is 2.81. The number of benzene rings is 2. The summed E-state index contributed by atoms with van der Waals surface area (Å²) in [5.41, 5.74) is 2.59. The second-order valence-electron chi connectivity index (χ2n) is 5.49. The number of aryl methyl sites for hydroxylation is 1. The molecule has 3 heteroatoms. The second-order valence-corrected chi connectivity index (χ2v) is 6.41. The smallest absolute Gasteiger partial charge is 0.123 e. The molecule has 118 valence electrons. The van der Waals surface area contributed by atoms with Gasteiger partial charge in [-0.1, -0.05) is 46.3 Å². The molecule has 0 spiro atoms. The van der Waals surface area contributed by atoms with Crippen molar-refractivity contribution in [2.45, 2.75) is 39.3 Å². The van der Waals surface area contributed by atoms with E-state index >= 15 is 0 Å². The van der Waals surface area contributed by atoms with Gasteiger partial charge in [-0.25, -0.2) is 0 Å². The van der Waals surface area contributed by atoms with Crippen molar-refractivity contribution in [2.24, 2.45) is 0 Å². The van der Waals surface area contributed by atoms with Gasteiger partial charge in [-0.15, -0.1) is 0 Å². The molecule has 2 nitrogen and oxygen atoms in total. The minimum Gasteiger partial charge on any atom is -0.494 e. The summed E-state index contributed by atoms with van der Waals surface area (Å²) in [6, 6.07) is 17.3. The SMILES string of the molecule is CCOc1ccc(Br)cc1CNC(C)CCc1ccccc1. The molecule has 22 heavy (non-hydrogen) atoms. The van der Waals surface area contributed by atoms with Crippen LogP contribution in [0, 0.1) is 0 Å². The topological polar surface area (TPSA) is 21.3 Å². The van der Waals surface area contributed by atoms with Gasteiger partial charge in [0, 0.05) is 22.6 Å². The maximum absolute atomic E-state index is 5.69. The molecule has 0 fully saturated rings. The summed E-state index contributed by atoms with van der Waals surface area (Å²) in [7, 11) is 0. The number of rotatable bonds is 8. The first-order valence-electron chi connectivity index (χ1n) is 7.87. The largest absolute Gasteiger partial charge is 0.494 e. The summed E-state index contributed by atoms with van der Waals surface area (Å²) in [6.45, 7) is 5.77. The molecule has 0 aliphatic rings. The quantitative estimate of drug-likeness (QED) is 0.717. The second kappa shape index (κ2) is 8.96. The summed E-state index contributed by atoms with van der Waals surface area (Å²) < 4.78 is 6.78. The average Bonchev–Trinajstić information content (AvgIpc) is 2.54. The normalized spacial score (nSPS) is 12.1. The molecule has 1 unspecified atom stereocenters. The first-order valence-corrected chi connectivity index (χ1v) is 8.67. The fraction of sp³-hybridized carbons (Fsp3) is 0.368. The van der Waals surface area contributed by atoms with Crippen molar-refractivity contribution in [3.05, 3.63) is 64.1 Å². The van der Waals surface area contributed by atoms with Crippen LogP contribution in [0.15, 0.2) is 53.0 Å². The standard InChI is InChI=1S/C19H24BrNO/c1-3-22-19-12-11-18(20)13-17(19)14-21-15(2)9-10-16-7-5-4-6-8-16/h4-8,11-13,15,21H,3,9-10,14H2,1-2H3. The van der Waals surface area contributed by atoms with Gasteiger partial charge in [0.05, 0.1) is 6.61 Å². The van der Waals surface area contributed by atoms with Crippen molar-refractivity contribution < 1.29 is 4.74 Å². The van der Waals surface area contributed by atoms with Crippen LogP contribution in [0.4, 0.5) is 0 Å². The monoisotopic (exact) mass is 361 g/mol. The van der Waals surface area contributed by atoms with E-state index in [1.165, 1.54) is 11.1 Å². The van der Waals surface area contributed by atoms with E-state index in [2.05, 4.69) is 64.6 Å². The lowest BCUT2D eigenvalue weighted by atomic mass is 10.1. The lowest BCUT2D eigenvalue weighted by molar-refractivity contribution is 0.334. The van der Waals surface area contributed by atoms with Crippen LogP contribution in [0.1, 0.15) is 31.4 Å². The van der Waals surface area contributed by atoms with Gasteiger partial charge >= 0.3 is 0 Å². The van der Waals surface area contributed by atoms with Crippen molar-refractivity contribution in [3.8, 4) is 5.75 Å². The van der Waals surface area contributed by atoms with E-state index in [9.17, 15) is 0 Å². The van der Waals surface area contributed by atoms with Gasteiger partial charge in [0.15, 0.2) is 0 Å². The third-order valence-electron chi connectivity index (χ3n) is 3.67. The Morgan fingerprint density at radius 3 is 2.64 bits per heavy atom. The first-order chi connectivity index (χ1) is 10.7. The van der Waals surface area contributed by atoms with E-state index in [0.717, 1.165) is 29.6 Å². The highest BCUT2D eigenvalue weighted by Gasteiger charge is 2.07. The molecule has 0 amide bonds. The first kappa shape index (κ1) is 17.0. The third kappa shape index (κ3) is 5.47. The molecule has 2 aromatic carbocycles. The number of halogens is 1. The number of hydrogen-bond acceptors (Lipinski definition) is 2. The molecule has 0 saturated carbocycles. The van der Waals surface area contributed by atoms with Gasteiger partial charge in [-0.05, 0) is 50.5 Å². The van der Waals surface area contributed by atoms with Crippen LogP contribution in [0.5, 0.6) is 5.75 Å². The minimum absolute atomic E-state index is 0.466. The predicted molar refractivity (Wildman–Crippen MR) is 96.4 cm³/mol. The zero-order valence-corrected chi connectivity index (χ0v) is 14.9. The van der Waals surface area contributed by atoms with E-state index in [1.807, 2.05) is 19.1 Å². The number of ether oxygens (including phenoxy) is 1. The van der Waals surface area contributed by atoms with Crippen LogP contribution in [0.25, 0.3) is 0 Å². The summed E-state index contributed by atoms with van der Waals surface area (Å²) in [5, 5.41) is 3.59. The van der Waals surface area contributed by atoms with Crippen molar-refractivity contribution in [3.63, 3.8) is 0 Å². The van der Waals surface area contributed by atoms with Gasteiger partial charge in [-0.3, -0.25) is 0 Å². The molecule has 0 aromatic heterocycles. The lowest BCUT2D eigenvalue weighted by Gasteiger charge is -2.16. The van der Waals surface area contributed by atoms with Crippen molar-refractivity contribution in [1.82, 2.24) is 5.32 Å². The van der Waals surface area contributed by atoms with Gasteiger partial charge in [0.2, 0.25) is 0 Å². The number of hydrogen-bond donors (Lipinski definition) is 1. The molecule has 1 atom stereocenters. The minimum atomic E-state index is 0.466. The summed E-state index contributed by atoms with van der Waals surface area (Å²) in [4.78, 5) is 0. The molecule has 0 aliphatic heterocycles. The molecule has 0 bridgehead atoms. The maximum Gasteiger partial charge on any atom is 0.123 e. The summed E-state index contributed by atoms with van der Waals surface area (Å²) >= 11 is 3.53. The van der Waals surface area contributed by atoms with E-state index in [-0.39, 0.29) is 0 Å². The Bertz CT molecular complexity index is 571.